The molecule has 16 heavy (non-hydrogen) atoms. The molecule has 0 saturated carbocycles. The number of halogens is 1. The van der Waals surface area contributed by atoms with Crippen molar-refractivity contribution in [3.63, 3.8) is 0 Å². The lowest BCUT2D eigenvalue weighted by Gasteiger charge is -2.03. The molecule has 0 aromatic heterocycles. The lowest BCUT2D eigenvalue weighted by atomic mass is 10.3. The van der Waals surface area contributed by atoms with E-state index in [-0.39, 0.29) is 0 Å². The third-order valence-corrected chi connectivity index (χ3v) is 2.88. The Hall–Kier alpha value is -1.58. The predicted octanol–water partition coefficient (Wildman–Crippen LogP) is 0.574. The first-order valence-electron chi connectivity index (χ1n) is 3.87. The Morgan fingerprint density at radius 1 is 1.50 bits per heavy atom. The Morgan fingerprint density at radius 2 is 2.12 bits per heavy atom. The lowest BCUT2D eigenvalue weighted by Crippen LogP contribution is -2.22. The van der Waals surface area contributed by atoms with Crippen LogP contribution in [0.25, 0.3) is 0 Å². The zero-order valence-corrected chi connectivity index (χ0v) is 8.82. The molecule has 0 amide bonds. The summed E-state index contributed by atoms with van der Waals surface area (Å²) in [5.41, 5.74) is -0.795. The van der Waals surface area contributed by atoms with E-state index in [1.807, 2.05) is 0 Å². The summed E-state index contributed by atoms with van der Waals surface area (Å²) in [5, 5.41) is 10.3. The second-order valence-corrected chi connectivity index (χ2v) is 4.31. The smallest absolute Gasteiger partial charge is 0.290 e. The van der Waals surface area contributed by atoms with E-state index in [1.54, 1.807) is 4.89 Å². The van der Waals surface area contributed by atoms with Gasteiger partial charge in [0.05, 0.1) is 16.9 Å². The molecule has 1 rings (SSSR count). The lowest BCUT2D eigenvalue weighted by molar-refractivity contribution is -0.387. The van der Waals surface area contributed by atoms with Crippen LogP contribution in [0.5, 0.6) is 0 Å². The Bertz CT molecular complexity index is 516. The normalized spacial score (nSPS) is 11.4. The van der Waals surface area contributed by atoms with Gasteiger partial charge in [-0.05, 0) is 6.07 Å². The number of nitrogens with one attached hydrogen (secondary N) is 1. The number of rotatable bonds is 4. The van der Waals surface area contributed by atoms with Crippen LogP contribution in [-0.2, 0) is 14.9 Å². The third-order valence-electron chi connectivity index (χ3n) is 1.62. The predicted molar refractivity (Wildman–Crippen MR) is 50.4 cm³/mol. The Morgan fingerprint density at radius 3 is 2.56 bits per heavy atom. The highest BCUT2D eigenvalue weighted by molar-refractivity contribution is 7.89. The summed E-state index contributed by atoms with van der Waals surface area (Å²) in [6, 6.07) is 2.21. The number of benzene rings is 1. The third kappa shape index (κ3) is 2.51. The highest BCUT2D eigenvalue weighted by atomic mass is 32.2. The van der Waals surface area contributed by atoms with Crippen LogP contribution in [-0.4, -0.2) is 20.5 Å². The summed E-state index contributed by atoms with van der Waals surface area (Å²) in [5.74, 6) is -1.23. The topological polar surface area (TPSA) is 98.5 Å². The molecule has 0 aliphatic heterocycles. The van der Waals surface area contributed by atoms with Crippen LogP contribution in [0, 0.1) is 15.9 Å². The zero-order valence-electron chi connectivity index (χ0n) is 8.01. The molecule has 0 aliphatic rings. The molecule has 1 N–H and O–H groups in total. The van der Waals surface area contributed by atoms with Gasteiger partial charge in [-0.15, -0.1) is 0 Å². The first-order chi connectivity index (χ1) is 7.38. The van der Waals surface area contributed by atoms with Crippen LogP contribution in [0.2, 0.25) is 0 Å². The molecule has 0 aliphatic carbocycles. The summed E-state index contributed by atoms with van der Waals surface area (Å²) in [4.78, 5) is 14.7. The molecular weight excluding hydrogens is 243 g/mol. The monoisotopic (exact) mass is 250 g/mol. The summed E-state index contributed by atoms with van der Waals surface area (Å²) >= 11 is 0. The Labute approximate surface area is 90.0 Å². The second kappa shape index (κ2) is 4.51. The number of sulfonamides is 1. The van der Waals surface area contributed by atoms with Gasteiger partial charge in [0, 0.05) is 12.1 Å². The molecule has 9 heteroatoms. The number of nitro groups is 1. The quantitative estimate of drug-likeness (QED) is 0.622. The first kappa shape index (κ1) is 12.5. The van der Waals surface area contributed by atoms with Crippen molar-refractivity contribution >= 4 is 15.7 Å². The molecule has 0 fully saturated rings. The zero-order chi connectivity index (χ0) is 12.3. The SMILES string of the molecule is CONS(=O)(=O)c1ccc([N+](=O)[O-])c(F)c1. The maximum atomic E-state index is 13.1. The highest BCUT2D eigenvalue weighted by Gasteiger charge is 2.20. The van der Waals surface area contributed by atoms with Gasteiger partial charge in [-0.1, -0.05) is 4.89 Å². The van der Waals surface area contributed by atoms with Gasteiger partial charge in [-0.3, -0.25) is 15.0 Å². The molecule has 0 saturated heterocycles. The van der Waals surface area contributed by atoms with E-state index in [0.29, 0.717) is 6.07 Å². The minimum Gasteiger partial charge on any atom is -0.290 e. The number of nitrogens with zero attached hydrogens (tertiary/aromatic N) is 1. The molecule has 0 bridgehead atoms. The van der Waals surface area contributed by atoms with Crippen LogP contribution >= 0.6 is 0 Å². The molecule has 0 unspecified atom stereocenters. The van der Waals surface area contributed by atoms with Crippen molar-refractivity contribution in [3.05, 3.63) is 34.1 Å². The summed E-state index contributed by atoms with van der Waals surface area (Å²) in [7, 11) is -2.94. The number of nitro benzene ring substituents is 1. The van der Waals surface area contributed by atoms with Crippen molar-refractivity contribution < 1.29 is 22.6 Å². The minimum absolute atomic E-state index is 0.461. The van der Waals surface area contributed by atoms with Crippen molar-refractivity contribution in [2.45, 2.75) is 4.90 Å². The standard InChI is InChI=1S/C7H7FN2O5S/c1-15-9-16(13,14)5-2-3-7(10(11)12)6(8)4-5/h2-4,9H,1H3. The van der Waals surface area contributed by atoms with Gasteiger partial charge in [0.25, 0.3) is 10.0 Å². The van der Waals surface area contributed by atoms with E-state index >= 15 is 0 Å². The molecule has 1 aromatic rings. The van der Waals surface area contributed by atoms with Gasteiger partial charge in [0.1, 0.15) is 0 Å². The maximum absolute atomic E-state index is 13.1. The minimum atomic E-state index is -4.01. The molecule has 7 nitrogen and oxygen atoms in total. The van der Waals surface area contributed by atoms with E-state index < -0.39 is 31.3 Å². The van der Waals surface area contributed by atoms with Crippen molar-refractivity contribution in [2.75, 3.05) is 7.11 Å². The maximum Gasteiger partial charge on any atom is 0.304 e. The van der Waals surface area contributed by atoms with Crippen LogP contribution in [0.4, 0.5) is 10.1 Å². The largest absolute Gasteiger partial charge is 0.304 e. The fourth-order valence-electron chi connectivity index (χ4n) is 0.961. The fourth-order valence-corrected chi connectivity index (χ4v) is 1.78. The molecule has 88 valence electrons. The molecule has 0 radical (unpaired) electrons. The summed E-state index contributed by atoms with van der Waals surface area (Å²) < 4.78 is 35.7. The van der Waals surface area contributed by atoms with E-state index in [2.05, 4.69) is 4.84 Å². The van der Waals surface area contributed by atoms with Gasteiger partial charge in [-0.25, -0.2) is 8.42 Å². The average Bonchev–Trinajstić information content (AvgIpc) is 2.16. The van der Waals surface area contributed by atoms with Gasteiger partial charge in [0.2, 0.25) is 5.82 Å². The van der Waals surface area contributed by atoms with Crippen molar-refractivity contribution in [1.82, 2.24) is 4.89 Å². The van der Waals surface area contributed by atoms with Crippen LogP contribution in [0.15, 0.2) is 23.1 Å². The fraction of sp³-hybridized carbons (Fsp3) is 0.143. The highest BCUT2D eigenvalue weighted by Crippen LogP contribution is 2.20. The molecule has 0 atom stereocenters. The molecule has 1 aromatic carbocycles. The van der Waals surface area contributed by atoms with Gasteiger partial charge < -0.3 is 0 Å². The van der Waals surface area contributed by atoms with E-state index in [4.69, 9.17) is 0 Å². The molecule has 0 spiro atoms. The summed E-state index contributed by atoms with van der Waals surface area (Å²) in [6.07, 6.45) is 0. The Kier molecular flexibility index (Phi) is 3.52. The second-order valence-electron chi connectivity index (χ2n) is 2.66. The van der Waals surface area contributed by atoms with Gasteiger partial charge in [0.15, 0.2) is 0 Å². The Balaban J connectivity index is 3.21. The van der Waals surface area contributed by atoms with Crippen LogP contribution in [0.3, 0.4) is 0 Å². The molecular formula is C7H7FN2O5S. The number of hydrogen-bond donors (Lipinski definition) is 1. The van der Waals surface area contributed by atoms with E-state index in [1.165, 1.54) is 0 Å². The summed E-state index contributed by atoms with van der Waals surface area (Å²) in [6.45, 7) is 0. The van der Waals surface area contributed by atoms with Crippen LogP contribution < -0.4 is 4.89 Å². The van der Waals surface area contributed by atoms with E-state index in [0.717, 1.165) is 19.2 Å². The van der Waals surface area contributed by atoms with E-state index in [9.17, 15) is 22.9 Å². The van der Waals surface area contributed by atoms with Gasteiger partial charge in [-0.2, -0.15) is 4.39 Å². The molecule has 0 heterocycles. The van der Waals surface area contributed by atoms with Crippen molar-refractivity contribution in [1.29, 1.82) is 0 Å². The number of hydrogen-bond acceptors (Lipinski definition) is 5. The van der Waals surface area contributed by atoms with Gasteiger partial charge >= 0.3 is 5.69 Å². The average molecular weight is 250 g/mol. The van der Waals surface area contributed by atoms with Crippen LogP contribution in [0.1, 0.15) is 0 Å². The van der Waals surface area contributed by atoms with Crippen molar-refractivity contribution in [2.24, 2.45) is 0 Å². The first-order valence-corrected chi connectivity index (χ1v) is 5.35. The van der Waals surface area contributed by atoms with Crippen molar-refractivity contribution in [3.8, 4) is 0 Å².